The molecular formula is C18H18N2O6. The van der Waals surface area contributed by atoms with Crippen LogP contribution in [0.5, 0.6) is 17.4 Å². The number of benzene rings is 1. The van der Waals surface area contributed by atoms with E-state index in [1.54, 1.807) is 31.2 Å². The van der Waals surface area contributed by atoms with Gasteiger partial charge in [-0.05, 0) is 38.1 Å². The van der Waals surface area contributed by atoms with Crippen LogP contribution in [0.1, 0.15) is 24.2 Å². The molecule has 0 radical (unpaired) electrons. The lowest BCUT2D eigenvalue weighted by atomic mass is 10.2. The summed E-state index contributed by atoms with van der Waals surface area (Å²) >= 11 is 0. The summed E-state index contributed by atoms with van der Waals surface area (Å²) in [6, 6.07) is 8.13. The first-order valence-corrected chi connectivity index (χ1v) is 8.07. The second kappa shape index (κ2) is 7.73. The third kappa shape index (κ3) is 3.85. The highest BCUT2D eigenvalue weighted by Gasteiger charge is 2.23. The highest BCUT2D eigenvalue weighted by molar-refractivity contribution is 5.98. The number of carbonyl (C=O) groups is 2. The highest BCUT2D eigenvalue weighted by atomic mass is 16.7. The van der Waals surface area contributed by atoms with Gasteiger partial charge < -0.3 is 24.3 Å². The van der Waals surface area contributed by atoms with Gasteiger partial charge in [-0.3, -0.25) is 4.79 Å². The summed E-state index contributed by atoms with van der Waals surface area (Å²) in [5, 5.41) is 2.67. The minimum Gasteiger partial charge on any atom is -0.477 e. The van der Waals surface area contributed by atoms with Crippen molar-refractivity contribution in [3.8, 4) is 17.4 Å². The summed E-state index contributed by atoms with van der Waals surface area (Å²) in [6.07, 6.45) is 0.500. The van der Waals surface area contributed by atoms with Gasteiger partial charge in [0, 0.05) is 18.0 Å². The minimum absolute atomic E-state index is 0.147. The summed E-state index contributed by atoms with van der Waals surface area (Å²) in [5.41, 5.74) is 0.676. The Morgan fingerprint density at radius 1 is 1.27 bits per heavy atom. The predicted octanol–water partition coefficient (Wildman–Crippen LogP) is 2.39. The van der Waals surface area contributed by atoms with Crippen LogP contribution in [0.3, 0.4) is 0 Å². The minimum atomic E-state index is -1.01. The van der Waals surface area contributed by atoms with Gasteiger partial charge in [-0.1, -0.05) is 0 Å². The fourth-order valence-electron chi connectivity index (χ4n) is 2.29. The van der Waals surface area contributed by atoms with Crippen molar-refractivity contribution in [2.24, 2.45) is 0 Å². The maximum atomic E-state index is 12.3. The molecule has 0 saturated carbocycles. The van der Waals surface area contributed by atoms with Crippen molar-refractivity contribution < 1.29 is 28.5 Å². The standard InChI is InChI=1S/C18H18N2O6/c1-3-23-17-13(5-4-8-19-17)18(22)26-11(2)16(21)20-12-6-7-14-15(9-12)25-10-24-14/h4-9,11H,3,10H2,1-2H3,(H,20,21)/t11-/m1/s1. The van der Waals surface area contributed by atoms with E-state index in [4.69, 9.17) is 18.9 Å². The molecule has 1 atom stereocenters. The Bertz CT molecular complexity index is 823. The Labute approximate surface area is 150 Å². The third-order valence-corrected chi connectivity index (χ3v) is 3.57. The first-order valence-electron chi connectivity index (χ1n) is 8.07. The van der Waals surface area contributed by atoms with E-state index >= 15 is 0 Å². The van der Waals surface area contributed by atoms with Gasteiger partial charge >= 0.3 is 5.97 Å². The number of esters is 1. The van der Waals surface area contributed by atoms with Crippen LogP contribution in [0.15, 0.2) is 36.5 Å². The zero-order chi connectivity index (χ0) is 18.5. The van der Waals surface area contributed by atoms with E-state index in [1.807, 2.05) is 0 Å². The quantitative estimate of drug-likeness (QED) is 0.792. The van der Waals surface area contributed by atoms with E-state index in [-0.39, 0.29) is 18.2 Å². The van der Waals surface area contributed by atoms with Crippen molar-refractivity contribution in [3.63, 3.8) is 0 Å². The van der Waals surface area contributed by atoms with Crippen molar-refractivity contribution in [1.82, 2.24) is 4.98 Å². The number of carbonyl (C=O) groups excluding carboxylic acids is 2. The van der Waals surface area contributed by atoms with Crippen LogP contribution < -0.4 is 19.5 Å². The molecule has 1 aliphatic heterocycles. The molecule has 2 aromatic rings. The molecule has 26 heavy (non-hydrogen) atoms. The van der Waals surface area contributed by atoms with Gasteiger partial charge in [0.25, 0.3) is 5.91 Å². The number of anilines is 1. The van der Waals surface area contributed by atoms with Gasteiger partial charge in [0.1, 0.15) is 5.56 Å². The number of nitrogens with zero attached hydrogens (tertiary/aromatic N) is 1. The normalized spacial score (nSPS) is 13.0. The largest absolute Gasteiger partial charge is 0.477 e. The molecule has 0 aliphatic carbocycles. The SMILES string of the molecule is CCOc1ncccc1C(=O)O[C@H](C)C(=O)Nc1ccc2c(c1)OCO2. The third-order valence-electron chi connectivity index (χ3n) is 3.57. The second-order valence-electron chi connectivity index (χ2n) is 5.39. The van der Waals surface area contributed by atoms with E-state index in [2.05, 4.69) is 10.3 Å². The molecule has 1 amide bonds. The summed E-state index contributed by atoms with van der Waals surface area (Å²) in [6.45, 7) is 3.77. The maximum absolute atomic E-state index is 12.3. The molecule has 0 spiro atoms. The average molecular weight is 358 g/mol. The molecular weight excluding hydrogens is 340 g/mol. The number of aromatic nitrogens is 1. The van der Waals surface area contributed by atoms with Crippen molar-refractivity contribution in [2.45, 2.75) is 20.0 Å². The van der Waals surface area contributed by atoms with Gasteiger partial charge in [-0.2, -0.15) is 0 Å². The molecule has 1 aromatic heterocycles. The number of hydrogen-bond donors (Lipinski definition) is 1. The smallest absolute Gasteiger partial charge is 0.344 e. The lowest BCUT2D eigenvalue weighted by molar-refractivity contribution is -0.123. The van der Waals surface area contributed by atoms with E-state index in [0.29, 0.717) is 23.8 Å². The Balaban J connectivity index is 1.63. The van der Waals surface area contributed by atoms with E-state index in [1.165, 1.54) is 19.2 Å². The Kier molecular flexibility index (Phi) is 5.21. The molecule has 8 nitrogen and oxygen atoms in total. The Morgan fingerprint density at radius 2 is 2.08 bits per heavy atom. The molecule has 0 fully saturated rings. The van der Waals surface area contributed by atoms with Crippen LogP contribution in [0.2, 0.25) is 0 Å². The number of nitrogens with one attached hydrogen (secondary N) is 1. The Hall–Kier alpha value is -3.29. The van der Waals surface area contributed by atoms with Gasteiger partial charge in [0.15, 0.2) is 17.6 Å². The van der Waals surface area contributed by atoms with Crippen molar-refractivity contribution in [2.75, 3.05) is 18.7 Å². The molecule has 0 saturated heterocycles. The number of pyridine rings is 1. The van der Waals surface area contributed by atoms with Crippen LogP contribution in [-0.2, 0) is 9.53 Å². The fraction of sp³-hybridized carbons (Fsp3) is 0.278. The monoisotopic (exact) mass is 358 g/mol. The lowest BCUT2D eigenvalue weighted by Gasteiger charge is -2.15. The first-order chi connectivity index (χ1) is 12.6. The number of fused-ring (bicyclic) bond motifs is 1. The Morgan fingerprint density at radius 3 is 2.88 bits per heavy atom. The molecule has 1 aromatic carbocycles. The number of ether oxygens (including phenoxy) is 4. The molecule has 0 unspecified atom stereocenters. The van der Waals surface area contributed by atoms with Crippen molar-refractivity contribution >= 4 is 17.6 Å². The summed E-state index contributed by atoms with van der Waals surface area (Å²) < 4.78 is 21.0. The molecule has 3 rings (SSSR count). The number of hydrogen-bond acceptors (Lipinski definition) is 7. The topological polar surface area (TPSA) is 96.0 Å². The summed E-state index contributed by atoms with van der Waals surface area (Å²) in [4.78, 5) is 28.6. The molecule has 0 bridgehead atoms. The molecule has 1 N–H and O–H groups in total. The van der Waals surface area contributed by atoms with Crippen LogP contribution in [0.4, 0.5) is 5.69 Å². The van der Waals surface area contributed by atoms with E-state index in [0.717, 1.165) is 0 Å². The van der Waals surface area contributed by atoms with Crippen molar-refractivity contribution in [3.05, 3.63) is 42.1 Å². The maximum Gasteiger partial charge on any atom is 0.344 e. The van der Waals surface area contributed by atoms with Gasteiger partial charge in [-0.25, -0.2) is 9.78 Å². The molecule has 8 heteroatoms. The van der Waals surface area contributed by atoms with Crippen LogP contribution in [-0.4, -0.2) is 36.4 Å². The molecule has 1 aliphatic rings. The average Bonchev–Trinajstić information content (AvgIpc) is 3.10. The first kappa shape index (κ1) is 17.5. The molecule has 2 heterocycles. The van der Waals surface area contributed by atoms with Crippen LogP contribution in [0.25, 0.3) is 0 Å². The predicted molar refractivity (Wildman–Crippen MR) is 91.5 cm³/mol. The highest BCUT2D eigenvalue weighted by Crippen LogP contribution is 2.34. The van der Waals surface area contributed by atoms with Crippen LogP contribution in [0, 0.1) is 0 Å². The second-order valence-corrected chi connectivity index (χ2v) is 5.39. The van der Waals surface area contributed by atoms with Crippen LogP contribution >= 0.6 is 0 Å². The van der Waals surface area contributed by atoms with E-state index < -0.39 is 18.0 Å². The molecule has 136 valence electrons. The number of amides is 1. The zero-order valence-electron chi connectivity index (χ0n) is 14.4. The van der Waals surface area contributed by atoms with Gasteiger partial charge in [0.2, 0.25) is 12.7 Å². The fourth-order valence-corrected chi connectivity index (χ4v) is 2.29. The van der Waals surface area contributed by atoms with E-state index in [9.17, 15) is 9.59 Å². The zero-order valence-corrected chi connectivity index (χ0v) is 14.4. The van der Waals surface area contributed by atoms with Gasteiger partial charge in [0.05, 0.1) is 6.61 Å². The summed E-state index contributed by atoms with van der Waals surface area (Å²) in [7, 11) is 0. The number of rotatable bonds is 6. The van der Waals surface area contributed by atoms with Crippen molar-refractivity contribution in [1.29, 1.82) is 0 Å². The lowest BCUT2D eigenvalue weighted by Crippen LogP contribution is -2.30. The summed E-state index contributed by atoms with van der Waals surface area (Å²) in [5.74, 6) is 0.170. The van der Waals surface area contributed by atoms with Gasteiger partial charge in [-0.15, -0.1) is 0 Å².